The molecule has 0 bridgehead atoms. The van der Waals surface area contributed by atoms with Gasteiger partial charge in [0, 0.05) is 10.6 Å². The molecule has 0 saturated carbocycles. The molecule has 0 aliphatic rings. The Balaban J connectivity index is 2.44. The van der Waals surface area contributed by atoms with Crippen LogP contribution in [0, 0.1) is 6.92 Å². The van der Waals surface area contributed by atoms with Gasteiger partial charge in [-0.15, -0.1) is 0 Å². The molecule has 2 aromatic rings. The van der Waals surface area contributed by atoms with Crippen molar-refractivity contribution in [2.75, 3.05) is 7.11 Å². The van der Waals surface area contributed by atoms with Crippen LogP contribution in [0.5, 0.6) is 5.75 Å². The molecule has 1 N–H and O–H groups in total. The van der Waals surface area contributed by atoms with Gasteiger partial charge in [0.05, 0.1) is 7.11 Å². The van der Waals surface area contributed by atoms with E-state index in [-0.39, 0.29) is 0 Å². The van der Waals surface area contributed by atoms with Gasteiger partial charge in [-0.3, -0.25) is 0 Å². The van der Waals surface area contributed by atoms with Gasteiger partial charge in [0.15, 0.2) is 0 Å². The fourth-order valence-electron chi connectivity index (χ4n) is 1.94. The van der Waals surface area contributed by atoms with Crippen LogP contribution in [0.1, 0.15) is 22.8 Å². The van der Waals surface area contributed by atoms with E-state index in [1.165, 1.54) is 0 Å². The van der Waals surface area contributed by atoms with Crippen molar-refractivity contribution in [2.45, 2.75) is 13.0 Å². The van der Waals surface area contributed by atoms with E-state index in [0.29, 0.717) is 16.3 Å². The summed E-state index contributed by atoms with van der Waals surface area (Å²) in [4.78, 5) is 0. The van der Waals surface area contributed by atoms with E-state index in [0.717, 1.165) is 11.1 Å². The Labute approximate surface area is 112 Å². The fraction of sp³-hybridized carbons (Fsp3) is 0.200. The first kappa shape index (κ1) is 12.9. The Kier molecular flexibility index (Phi) is 3.90. The molecule has 3 heteroatoms. The van der Waals surface area contributed by atoms with E-state index < -0.39 is 6.10 Å². The number of aliphatic hydroxyl groups excluding tert-OH is 1. The highest BCUT2D eigenvalue weighted by Crippen LogP contribution is 2.32. The molecule has 0 heterocycles. The van der Waals surface area contributed by atoms with Gasteiger partial charge in [0.1, 0.15) is 11.9 Å². The van der Waals surface area contributed by atoms with Crippen molar-refractivity contribution in [1.82, 2.24) is 0 Å². The minimum Gasteiger partial charge on any atom is -0.496 e. The second kappa shape index (κ2) is 5.42. The predicted molar refractivity (Wildman–Crippen MR) is 73.2 cm³/mol. The minimum atomic E-state index is -0.737. The monoisotopic (exact) mass is 262 g/mol. The topological polar surface area (TPSA) is 29.5 Å². The molecule has 0 fully saturated rings. The Hall–Kier alpha value is -1.51. The summed E-state index contributed by atoms with van der Waals surface area (Å²) < 4.78 is 5.25. The van der Waals surface area contributed by atoms with Crippen LogP contribution in [0.25, 0.3) is 0 Å². The summed E-state index contributed by atoms with van der Waals surface area (Å²) in [7, 11) is 1.58. The summed E-state index contributed by atoms with van der Waals surface area (Å²) in [5.41, 5.74) is 2.61. The van der Waals surface area contributed by atoms with Crippen molar-refractivity contribution in [3.63, 3.8) is 0 Å². The van der Waals surface area contributed by atoms with E-state index in [9.17, 15) is 5.11 Å². The highest BCUT2D eigenvalue weighted by atomic mass is 35.5. The number of aliphatic hydroxyl groups is 1. The third-order valence-corrected chi connectivity index (χ3v) is 3.08. The highest BCUT2D eigenvalue weighted by molar-refractivity contribution is 6.30. The van der Waals surface area contributed by atoms with Crippen LogP contribution < -0.4 is 4.74 Å². The van der Waals surface area contributed by atoms with Crippen LogP contribution >= 0.6 is 11.6 Å². The van der Waals surface area contributed by atoms with E-state index in [2.05, 4.69) is 0 Å². The molecule has 0 aromatic heterocycles. The van der Waals surface area contributed by atoms with Gasteiger partial charge in [0.25, 0.3) is 0 Å². The Morgan fingerprint density at radius 3 is 2.61 bits per heavy atom. The number of benzene rings is 2. The minimum absolute atomic E-state index is 0.581. The zero-order valence-corrected chi connectivity index (χ0v) is 11.1. The zero-order chi connectivity index (χ0) is 13.1. The predicted octanol–water partition coefficient (Wildman–Crippen LogP) is 3.74. The largest absolute Gasteiger partial charge is 0.496 e. The van der Waals surface area contributed by atoms with Gasteiger partial charge in [-0.05, 0) is 30.7 Å². The van der Waals surface area contributed by atoms with Crippen LogP contribution in [-0.2, 0) is 0 Å². The van der Waals surface area contributed by atoms with E-state index in [1.807, 2.05) is 31.2 Å². The number of hydrogen-bond acceptors (Lipinski definition) is 2. The van der Waals surface area contributed by atoms with Crippen LogP contribution in [-0.4, -0.2) is 12.2 Å². The van der Waals surface area contributed by atoms with Gasteiger partial charge in [-0.25, -0.2) is 0 Å². The molecule has 0 spiro atoms. The SMILES string of the molecule is COc1ccc(Cl)cc1C(O)c1cccc(C)c1. The summed E-state index contributed by atoms with van der Waals surface area (Å²) in [6.07, 6.45) is -0.737. The average Bonchev–Trinajstić information content (AvgIpc) is 2.38. The van der Waals surface area contributed by atoms with Gasteiger partial charge in [-0.2, -0.15) is 0 Å². The molecule has 1 unspecified atom stereocenters. The standard InChI is InChI=1S/C15H15ClO2/c1-10-4-3-5-11(8-10)15(17)13-9-12(16)6-7-14(13)18-2/h3-9,15,17H,1-2H3. The smallest absolute Gasteiger partial charge is 0.125 e. The molecular weight excluding hydrogens is 248 g/mol. The molecule has 2 aromatic carbocycles. The van der Waals surface area contributed by atoms with Gasteiger partial charge >= 0.3 is 0 Å². The molecule has 0 aliphatic carbocycles. The fourth-order valence-corrected chi connectivity index (χ4v) is 2.12. The Morgan fingerprint density at radius 1 is 1.17 bits per heavy atom. The maximum Gasteiger partial charge on any atom is 0.125 e. The van der Waals surface area contributed by atoms with Gasteiger partial charge < -0.3 is 9.84 Å². The van der Waals surface area contributed by atoms with Gasteiger partial charge in [0.2, 0.25) is 0 Å². The molecule has 18 heavy (non-hydrogen) atoms. The number of rotatable bonds is 3. The normalized spacial score (nSPS) is 12.2. The number of hydrogen-bond donors (Lipinski definition) is 1. The van der Waals surface area contributed by atoms with Crippen LogP contribution in [0.2, 0.25) is 5.02 Å². The molecule has 0 saturated heterocycles. The maximum absolute atomic E-state index is 10.4. The average molecular weight is 263 g/mol. The molecule has 94 valence electrons. The van der Waals surface area contributed by atoms with E-state index in [4.69, 9.17) is 16.3 Å². The van der Waals surface area contributed by atoms with Crippen molar-refractivity contribution < 1.29 is 9.84 Å². The molecule has 2 rings (SSSR count). The van der Waals surface area contributed by atoms with Crippen LogP contribution in [0.4, 0.5) is 0 Å². The van der Waals surface area contributed by atoms with Gasteiger partial charge in [-0.1, -0.05) is 41.4 Å². The lowest BCUT2D eigenvalue weighted by Crippen LogP contribution is -2.02. The number of methoxy groups -OCH3 is 1. The molecule has 2 nitrogen and oxygen atoms in total. The summed E-state index contributed by atoms with van der Waals surface area (Å²) in [5.74, 6) is 0.633. The Morgan fingerprint density at radius 2 is 1.94 bits per heavy atom. The summed E-state index contributed by atoms with van der Waals surface area (Å²) >= 11 is 5.97. The summed E-state index contributed by atoms with van der Waals surface area (Å²) in [5, 5.41) is 11.0. The second-order valence-electron chi connectivity index (χ2n) is 4.20. The van der Waals surface area contributed by atoms with Crippen LogP contribution in [0.15, 0.2) is 42.5 Å². The van der Waals surface area contributed by atoms with E-state index >= 15 is 0 Å². The number of aryl methyl sites for hydroxylation is 1. The van der Waals surface area contributed by atoms with Crippen molar-refractivity contribution in [2.24, 2.45) is 0 Å². The molecular formula is C15H15ClO2. The first-order valence-corrected chi connectivity index (χ1v) is 6.07. The Bertz CT molecular complexity index is 552. The molecule has 0 amide bonds. The molecule has 0 aliphatic heterocycles. The summed E-state index contributed by atoms with van der Waals surface area (Å²) in [6, 6.07) is 13.0. The number of halogens is 1. The third-order valence-electron chi connectivity index (χ3n) is 2.84. The number of ether oxygens (including phenoxy) is 1. The third kappa shape index (κ3) is 2.66. The first-order chi connectivity index (χ1) is 8.61. The van der Waals surface area contributed by atoms with Crippen molar-refractivity contribution in [3.05, 3.63) is 64.2 Å². The zero-order valence-electron chi connectivity index (χ0n) is 10.4. The lowest BCUT2D eigenvalue weighted by Gasteiger charge is -2.16. The van der Waals surface area contributed by atoms with Crippen LogP contribution in [0.3, 0.4) is 0 Å². The lowest BCUT2D eigenvalue weighted by atomic mass is 9.99. The second-order valence-corrected chi connectivity index (χ2v) is 4.64. The molecule has 1 atom stereocenters. The quantitative estimate of drug-likeness (QED) is 0.913. The van der Waals surface area contributed by atoms with Crippen molar-refractivity contribution in [1.29, 1.82) is 0 Å². The van der Waals surface area contributed by atoms with Crippen molar-refractivity contribution >= 4 is 11.6 Å². The summed E-state index contributed by atoms with van der Waals surface area (Å²) in [6.45, 7) is 1.99. The molecule has 0 radical (unpaired) electrons. The van der Waals surface area contributed by atoms with E-state index in [1.54, 1.807) is 25.3 Å². The first-order valence-electron chi connectivity index (χ1n) is 5.70. The maximum atomic E-state index is 10.4. The highest BCUT2D eigenvalue weighted by Gasteiger charge is 2.15. The lowest BCUT2D eigenvalue weighted by molar-refractivity contribution is 0.214. The van der Waals surface area contributed by atoms with Crippen molar-refractivity contribution in [3.8, 4) is 5.75 Å².